The van der Waals surface area contributed by atoms with Gasteiger partial charge in [0, 0.05) is 0 Å². The van der Waals surface area contributed by atoms with E-state index in [4.69, 9.17) is 0 Å². The van der Waals surface area contributed by atoms with Crippen LogP contribution in [-0.4, -0.2) is 6.18 Å². The van der Waals surface area contributed by atoms with E-state index in [1.165, 1.54) is 23.6 Å². The predicted molar refractivity (Wildman–Crippen MR) is 84.2 cm³/mol. The van der Waals surface area contributed by atoms with Crippen LogP contribution in [0.2, 0.25) is 0 Å². The van der Waals surface area contributed by atoms with Crippen LogP contribution in [0.1, 0.15) is 40.7 Å². The van der Waals surface area contributed by atoms with Crippen molar-refractivity contribution in [1.82, 2.24) is 0 Å². The molecule has 0 fully saturated rings. The van der Waals surface area contributed by atoms with E-state index in [9.17, 15) is 13.2 Å². The van der Waals surface area contributed by atoms with Crippen LogP contribution in [0.15, 0.2) is 42.5 Å². The maximum Gasteiger partial charge on any atom is 0.395 e. The van der Waals surface area contributed by atoms with Gasteiger partial charge in [-0.15, -0.1) is 0 Å². The highest BCUT2D eigenvalue weighted by Crippen LogP contribution is 2.34. The van der Waals surface area contributed by atoms with Crippen molar-refractivity contribution in [3.63, 3.8) is 0 Å². The lowest BCUT2D eigenvalue weighted by Crippen LogP contribution is -2.17. The Kier molecular flexibility index (Phi) is 4.94. The third kappa shape index (κ3) is 4.12. The lowest BCUT2D eigenvalue weighted by Gasteiger charge is -2.16. The quantitative estimate of drug-likeness (QED) is 0.674. The molecule has 0 aliphatic rings. The number of hydrogen-bond acceptors (Lipinski definition) is 0. The van der Waals surface area contributed by atoms with Gasteiger partial charge in [0.05, 0.1) is 5.92 Å². The molecular weight excluding hydrogens is 285 g/mol. The molecule has 0 amide bonds. The first-order valence-electron chi connectivity index (χ1n) is 7.49. The largest absolute Gasteiger partial charge is 0.395 e. The summed E-state index contributed by atoms with van der Waals surface area (Å²) in [6.45, 7) is 5.37. The zero-order chi connectivity index (χ0) is 16.3. The Labute approximate surface area is 130 Å². The van der Waals surface area contributed by atoms with Crippen molar-refractivity contribution in [2.24, 2.45) is 0 Å². The highest BCUT2D eigenvalue weighted by atomic mass is 19.4. The highest BCUT2D eigenvalue weighted by Gasteiger charge is 2.36. The Hall–Kier alpha value is -1.77. The number of hydrogen-bond donors (Lipinski definition) is 0. The molecule has 1 unspecified atom stereocenters. The molecule has 0 heterocycles. The Bertz CT molecular complexity index is 624. The van der Waals surface area contributed by atoms with Crippen LogP contribution in [0.4, 0.5) is 13.2 Å². The fourth-order valence-electron chi connectivity index (χ4n) is 2.41. The van der Waals surface area contributed by atoms with Gasteiger partial charge in [-0.05, 0) is 61.4 Å². The Balaban J connectivity index is 2.01. The Morgan fingerprint density at radius 2 is 1.36 bits per heavy atom. The van der Waals surface area contributed by atoms with Crippen molar-refractivity contribution in [3.05, 3.63) is 70.3 Å². The van der Waals surface area contributed by atoms with Gasteiger partial charge < -0.3 is 0 Å². The summed E-state index contributed by atoms with van der Waals surface area (Å²) in [4.78, 5) is 0. The first-order valence-corrected chi connectivity index (χ1v) is 7.49. The number of aryl methyl sites for hydroxylation is 4. The molecule has 0 aromatic heterocycles. The SMILES string of the molecule is Cc1ccc(CCc2ccc(C(C)C(F)(F)F)cc2)cc1C. The van der Waals surface area contributed by atoms with E-state index in [0.717, 1.165) is 18.4 Å². The molecular formula is C19H21F3. The van der Waals surface area contributed by atoms with Gasteiger partial charge in [-0.2, -0.15) is 13.2 Å². The zero-order valence-corrected chi connectivity index (χ0v) is 13.2. The third-order valence-corrected chi connectivity index (χ3v) is 4.24. The molecule has 0 nitrogen and oxygen atoms in total. The molecule has 0 bridgehead atoms. The lowest BCUT2D eigenvalue weighted by molar-refractivity contribution is -0.146. The molecule has 0 spiro atoms. The minimum absolute atomic E-state index is 0.322. The molecule has 2 rings (SSSR count). The minimum Gasteiger partial charge on any atom is -0.170 e. The van der Waals surface area contributed by atoms with E-state index in [1.54, 1.807) is 24.3 Å². The lowest BCUT2D eigenvalue weighted by atomic mass is 9.96. The van der Waals surface area contributed by atoms with Crippen molar-refractivity contribution in [2.45, 2.75) is 45.7 Å². The fraction of sp³-hybridized carbons (Fsp3) is 0.368. The molecule has 22 heavy (non-hydrogen) atoms. The molecule has 0 aliphatic carbocycles. The summed E-state index contributed by atoms with van der Waals surface area (Å²) >= 11 is 0. The second kappa shape index (κ2) is 6.55. The summed E-state index contributed by atoms with van der Waals surface area (Å²) in [5.41, 5.74) is 5.19. The van der Waals surface area contributed by atoms with Crippen molar-refractivity contribution in [2.75, 3.05) is 0 Å². The summed E-state index contributed by atoms with van der Waals surface area (Å²) in [7, 11) is 0. The van der Waals surface area contributed by atoms with Crippen molar-refractivity contribution in [1.29, 1.82) is 0 Å². The normalized spacial score (nSPS) is 13.2. The molecule has 0 radical (unpaired) electrons. The molecule has 0 N–H and O–H groups in total. The van der Waals surface area contributed by atoms with Gasteiger partial charge in [-0.3, -0.25) is 0 Å². The van der Waals surface area contributed by atoms with Crippen LogP contribution in [0.25, 0.3) is 0 Å². The molecule has 2 aromatic rings. The summed E-state index contributed by atoms with van der Waals surface area (Å²) in [5, 5.41) is 0. The number of benzene rings is 2. The number of alkyl halides is 3. The van der Waals surface area contributed by atoms with Crippen LogP contribution in [-0.2, 0) is 12.8 Å². The standard InChI is InChI=1S/C19H21F3/c1-13-4-5-17(12-14(13)2)7-6-16-8-10-18(11-9-16)15(3)19(20,21)22/h4-5,8-12,15H,6-7H2,1-3H3. The van der Waals surface area contributed by atoms with Gasteiger partial charge in [0.1, 0.15) is 0 Å². The zero-order valence-electron chi connectivity index (χ0n) is 13.2. The second-order valence-corrected chi connectivity index (χ2v) is 5.92. The Morgan fingerprint density at radius 3 is 1.91 bits per heavy atom. The summed E-state index contributed by atoms with van der Waals surface area (Å²) in [5.74, 6) is -1.42. The fourth-order valence-corrected chi connectivity index (χ4v) is 2.41. The van der Waals surface area contributed by atoms with Crippen LogP contribution in [0.5, 0.6) is 0 Å². The molecule has 1 atom stereocenters. The molecule has 0 aliphatic heterocycles. The Morgan fingerprint density at radius 1 is 0.818 bits per heavy atom. The van der Waals surface area contributed by atoms with Gasteiger partial charge in [0.25, 0.3) is 0 Å². The van der Waals surface area contributed by atoms with Crippen molar-refractivity contribution < 1.29 is 13.2 Å². The summed E-state index contributed by atoms with van der Waals surface area (Å²) < 4.78 is 38.0. The van der Waals surface area contributed by atoms with Crippen molar-refractivity contribution >= 4 is 0 Å². The van der Waals surface area contributed by atoms with E-state index >= 15 is 0 Å². The van der Waals surface area contributed by atoms with Gasteiger partial charge in [-0.25, -0.2) is 0 Å². The molecule has 3 heteroatoms. The first-order chi connectivity index (χ1) is 10.3. The molecule has 118 valence electrons. The van der Waals surface area contributed by atoms with Crippen LogP contribution >= 0.6 is 0 Å². The topological polar surface area (TPSA) is 0 Å². The third-order valence-electron chi connectivity index (χ3n) is 4.24. The van der Waals surface area contributed by atoms with E-state index in [2.05, 4.69) is 32.0 Å². The number of halogens is 3. The minimum atomic E-state index is -4.18. The van der Waals surface area contributed by atoms with Gasteiger partial charge in [0.2, 0.25) is 0 Å². The van der Waals surface area contributed by atoms with Crippen LogP contribution in [0.3, 0.4) is 0 Å². The van der Waals surface area contributed by atoms with Gasteiger partial charge >= 0.3 is 6.18 Å². The van der Waals surface area contributed by atoms with E-state index in [1.807, 2.05) is 0 Å². The van der Waals surface area contributed by atoms with Crippen molar-refractivity contribution in [3.8, 4) is 0 Å². The van der Waals surface area contributed by atoms with Crippen LogP contribution < -0.4 is 0 Å². The molecule has 2 aromatic carbocycles. The van der Waals surface area contributed by atoms with Gasteiger partial charge in [-0.1, -0.05) is 42.5 Å². The van der Waals surface area contributed by atoms with E-state index < -0.39 is 12.1 Å². The molecule has 0 saturated heterocycles. The maximum absolute atomic E-state index is 12.7. The predicted octanol–water partition coefficient (Wildman–Crippen LogP) is 5.75. The monoisotopic (exact) mass is 306 g/mol. The maximum atomic E-state index is 12.7. The highest BCUT2D eigenvalue weighted by molar-refractivity contribution is 5.31. The average Bonchev–Trinajstić information content (AvgIpc) is 2.47. The molecule has 0 saturated carbocycles. The second-order valence-electron chi connectivity index (χ2n) is 5.92. The number of rotatable bonds is 4. The smallest absolute Gasteiger partial charge is 0.170 e. The van der Waals surface area contributed by atoms with Gasteiger partial charge in [0.15, 0.2) is 0 Å². The average molecular weight is 306 g/mol. The van der Waals surface area contributed by atoms with E-state index in [-0.39, 0.29) is 0 Å². The summed E-state index contributed by atoms with van der Waals surface area (Å²) in [6, 6.07) is 13.2. The van der Waals surface area contributed by atoms with Crippen LogP contribution in [0, 0.1) is 13.8 Å². The van der Waals surface area contributed by atoms with E-state index in [0.29, 0.717) is 5.56 Å². The summed E-state index contributed by atoms with van der Waals surface area (Å²) in [6.07, 6.45) is -2.45. The first kappa shape index (κ1) is 16.6.